The van der Waals surface area contributed by atoms with Gasteiger partial charge in [-0.05, 0) is 45.2 Å². The Morgan fingerprint density at radius 3 is 2.37 bits per heavy atom. The largest absolute Gasteiger partial charge is 0.354 e. The standard InChI is InChI=1S/C28H41N7O6.4H2/c1-7-18(8-2)14-30-23(37)16-35-13-9-10-20(27(35)41)32-24(38)19(31-25(39)21-15-29-17-34(21)6)11-12-22(36)26(40)33-28(3,4)5;;;;/h9-10,13,15,17-19H,7-8,11-12,14,16H2,1-6H3,(H,30,37)(H,31,39)(H,32,38)(H,33,40);4*1H/t19-;;;;/m0..../s1. The molecule has 4 amide bonds. The lowest BCUT2D eigenvalue weighted by atomic mass is 10.0. The number of anilines is 1. The molecule has 0 aliphatic carbocycles. The van der Waals surface area contributed by atoms with E-state index in [1.165, 1.54) is 40.0 Å². The van der Waals surface area contributed by atoms with Gasteiger partial charge < -0.3 is 30.4 Å². The fourth-order valence-corrected chi connectivity index (χ4v) is 3.90. The minimum absolute atomic E-state index is 0. The average molecular weight is 580 g/mol. The first kappa shape index (κ1) is 32.9. The van der Waals surface area contributed by atoms with Crippen LogP contribution in [0.4, 0.5) is 5.69 Å². The second-order valence-corrected chi connectivity index (χ2v) is 10.9. The van der Waals surface area contributed by atoms with E-state index in [1.54, 1.807) is 27.8 Å². The van der Waals surface area contributed by atoms with Crippen molar-refractivity contribution in [2.75, 3.05) is 11.9 Å². The quantitative estimate of drug-likeness (QED) is 0.248. The normalized spacial score (nSPS) is 12.0. The van der Waals surface area contributed by atoms with Gasteiger partial charge in [0.15, 0.2) is 0 Å². The molecule has 0 aliphatic heterocycles. The molecule has 0 aliphatic rings. The number of amides is 4. The van der Waals surface area contributed by atoms with Crippen molar-refractivity contribution in [2.24, 2.45) is 13.0 Å². The summed E-state index contributed by atoms with van der Waals surface area (Å²) in [5, 5.41) is 10.4. The zero-order valence-corrected chi connectivity index (χ0v) is 24.6. The number of nitrogens with zero attached hydrogens (tertiary/aromatic N) is 3. The molecule has 0 aromatic carbocycles. The van der Waals surface area contributed by atoms with Crippen LogP contribution in [0.5, 0.6) is 0 Å². The number of pyridine rings is 1. The van der Waals surface area contributed by atoms with Gasteiger partial charge in [0.1, 0.15) is 24.0 Å². The molecule has 0 unspecified atom stereocenters. The molecule has 1 atom stereocenters. The molecule has 0 saturated heterocycles. The monoisotopic (exact) mass is 579 g/mol. The van der Waals surface area contributed by atoms with Crippen molar-refractivity contribution in [3.8, 4) is 0 Å². The predicted octanol–water partition coefficient (Wildman–Crippen LogP) is 2.12. The Balaban J connectivity index is -0.00000441. The Morgan fingerprint density at radius 1 is 1.10 bits per heavy atom. The highest BCUT2D eigenvalue weighted by atomic mass is 16.2. The average Bonchev–Trinajstić information content (AvgIpc) is 3.33. The van der Waals surface area contributed by atoms with Gasteiger partial charge in [0.05, 0.1) is 12.5 Å². The van der Waals surface area contributed by atoms with E-state index in [1.807, 2.05) is 13.8 Å². The van der Waals surface area contributed by atoms with Crippen LogP contribution < -0.4 is 26.8 Å². The van der Waals surface area contributed by atoms with Gasteiger partial charge in [0, 0.05) is 37.5 Å². The van der Waals surface area contributed by atoms with Gasteiger partial charge in [0.25, 0.3) is 17.4 Å². The molecule has 0 spiro atoms. The van der Waals surface area contributed by atoms with Crippen molar-refractivity contribution in [1.29, 1.82) is 0 Å². The van der Waals surface area contributed by atoms with Gasteiger partial charge in [-0.15, -0.1) is 0 Å². The van der Waals surface area contributed by atoms with Gasteiger partial charge in [-0.2, -0.15) is 0 Å². The van der Waals surface area contributed by atoms with E-state index < -0.39 is 40.6 Å². The van der Waals surface area contributed by atoms with Crippen molar-refractivity contribution in [3.05, 3.63) is 46.9 Å². The topological polar surface area (TPSA) is 173 Å². The zero-order chi connectivity index (χ0) is 30.7. The van der Waals surface area contributed by atoms with E-state index in [-0.39, 0.29) is 42.4 Å². The summed E-state index contributed by atoms with van der Waals surface area (Å²) in [5.74, 6) is -2.95. The highest BCUT2D eigenvalue weighted by molar-refractivity contribution is 6.36. The summed E-state index contributed by atoms with van der Waals surface area (Å²) in [7, 11) is 1.60. The van der Waals surface area contributed by atoms with Crippen LogP contribution >= 0.6 is 0 Å². The minimum atomic E-state index is -1.26. The van der Waals surface area contributed by atoms with Crippen LogP contribution in [0, 0.1) is 5.92 Å². The maximum absolute atomic E-state index is 13.3. The Hall–Kier alpha value is -4.29. The lowest BCUT2D eigenvalue weighted by molar-refractivity contribution is -0.139. The van der Waals surface area contributed by atoms with Crippen LogP contribution in [0.25, 0.3) is 0 Å². The van der Waals surface area contributed by atoms with Gasteiger partial charge in [0.2, 0.25) is 17.6 Å². The van der Waals surface area contributed by atoms with Crippen molar-refractivity contribution < 1.29 is 29.7 Å². The summed E-state index contributed by atoms with van der Waals surface area (Å²) in [6, 6.07) is 1.62. The number of hydrogen-bond donors (Lipinski definition) is 4. The Bertz CT molecular complexity index is 1320. The number of rotatable bonds is 14. The van der Waals surface area contributed by atoms with Crippen molar-refractivity contribution in [1.82, 2.24) is 30.1 Å². The number of hydrogen-bond acceptors (Lipinski definition) is 7. The first-order valence-electron chi connectivity index (χ1n) is 13.6. The van der Waals surface area contributed by atoms with Gasteiger partial charge in [-0.25, -0.2) is 4.98 Å². The number of aromatic nitrogens is 3. The van der Waals surface area contributed by atoms with Crippen molar-refractivity contribution >= 4 is 35.1 Å². The third-order valence-corrected chi connectivity index (χ3v) is 6.41. The fourth-order valence-electron chi connectivity index (χ4n) is 3.90. The molecule has 0 radical (unpaired) electrons. The maximum atomic E-state index is 13.3. The van der Waals surface area contributed by atoms with Crippen LogP contribution in [0.15, 0.2) is 35.6 Å². The fraction of sp³-hybridized carbons (Fsp3) is 0.536. The molecule has 0 saturated carbocycles. The Labute approximate surface area is 245 Å². The number of nitrogens with one attached hydrogen (secondary N) is 4. The van der Waals surface area contributed by atoms with Crippen LogP contribution in [-0.4, -0.2) is 61.7 Å². The second kappa shape index (κ2) is 14.9. The summed E-state index contributed by atoms with van der Waals surface area (Å²) in [6.45, 7) is 9.53. The van der Waals surface area contributed by atoms with E-state index >= 15 is 0 Å². The molecule has 4 N–H and O–H groups in total. The highest BCUT2D eigenvalue weighted by Crippen LogP contribution is 2.08. The van der Waals surface area contributed by atoms with Crippen molar-refractivity contribution in [3.63, 3.8) is 0 Å². The summed E-state index contributed by atoms with van der Waals surface area (Å²) in [4.78, 5) is 80.1. The first-order valence-corrected chi connectivity index (χ1v) is 13.6. The number of Topliss-reactive ketones (excluding diaryl/α,β-unsaturated/α-hetero) is 1. The maximum Gasteiger partial charge on any atom is 0.287 e. The molecule has 2 rings (SSSR count). The molecular weight excluding hydrogens is 530 g/mol. The van der Waals surface area contributed by atoms with Crippen LogP contribution in [0.3, 0.4) is 0 Å². The molecular formula is C28H49N7O6. The van der Waals surface area contributed by atoms with Crippen molar-refractivity contribution in [2.45, 2.75) is 78.4 Å². The van der Waals surface area contributed by atoms with E-state index in [0.717, 1.165) is 12.8 Å². The highest BCUT2D eigenvalue weighted by Gasteiger charge is 2.27. The van der Waals surface area contributed by atoms with Crippen LogP contribution in [0.2, 0.25) is 0 Å². The minimum Gasteiger partial charge on any atom is -0.354 e. The van der Waals surface area contributed by atoms with E-state index in [0.29, 0.717) is 12.5 Å². The molecule has 13 heteroatoms. The smallest absolute Gasteiger partial charge is 0.287 e. The number of carbonyl (C=O) groups excluding carboxylic acids is 5. The molecule has 232 valence electrons. The molecule has 41 heavy (non-hydrogen) atoms. The molecule has 0 bridgehead atoms. The number of carbonyl (C=O) groups is 5. The molecule has 13 nitrogen and oxygen atoms in total. The van der Waals surface area contributed by atoms with Gasteiger partial charge >= 0.3 is 0 Å². The summed E-state index contributed by atoms with van der Waals surface area (Å²) in [6.07, 6.45) is 5.47. The lowest BCUT2D eigenvalue weighted by Gasteiger charge is -2.21. The number of imidazole rings is 1. The summed E-state index contributed by atoms with van der Waals surface area (Å²) < 4.78 is 2.62. The Morgan fingerprint density at radius 2 is 1.78 bits per heavy atom. The molecule has 0 fully saturated rings. The zero-order valence-electron chi connectivity index (χ0n) is 24.6. The lowest BCUT2D eigenvalue weighted by Crippen LogP contribution is -2.47. The number of ketones is 1. The van der Waals surface area contributed by atoms with Crippen LogP contribution in [0.1, 0.15) is 76.5 Å². The van der Waals surface area contributed by atoms with Gasteiger partial charge in [-0.1, -0.05) is 26.7 Å². The summed E-state index contributed by atoms with van der Waals surface area (Å²) in [5.41, 5.74) is -1.19. The first-order chi connectivity index (χ1) is 19.2. The van der Waals surface area contributed by atoms with E-state index in [4.69, 9.17) is 0 Å². The molecule has 2 aromatic heterocycles. The molecule has 2 heterocycles. The van der Waals surface area contributed by atoms with Crippen LogP contribution in [-0.2, 0) is 32.8 Å². The predicted molar refractivity (Wildman–Crippen MR) is 161 cm³/mol. The third-order valence-electron chi connectivity index (χ3n) is 6.41. The SMILES string of the molecule is CCC(CC)CNC(=O)Cn1cccc(NC(=O)[C@H](CCC(=O)C(=O)NC(C)(C)C)NC(=O)c2cncn2C)c1=O.[HH].[HH].[HH].[HH]. The van der Waals surface area contributed by atoms with E-state index in [2.05, 4.69) is 26.3 Å². The third kappa shape index (κ3) is 10.3. The summed E-state index contributed by atoms with van der Waals surface area (Å²) >= 11 is 0. The van der Waals surface area contributed by atoms with Gasteiger partial charge in [-0.3, -0.25) is 28.8 Å². The number of aryl methyl sites for hydroxylation is 1. The van der Waals surface area contributed by atoms with E-state index in [9.17, 15) is 28.8 Å². The Kier molecular flexibility index (Phi) is 12.0. The second-order valence-electron chi connectivity index (χ2n) is 10.9. The molecule has 2 aromatic rings.